The summed E-state index contributed by atoms with van der Waals surface area (Å²) >= 11 is 0. The molecule has 64 heavy (non-hydrogen) atoms. The molecule has 1 aliphatic carbocycles. The number of phosphoric acid groups is 1. The van der Waals surface area contributed by atoms with E-state index in [1.165, 1.54) is 0 Å². The molecule has 0 aromatic heterocycles. The van der Waals surface area contributed by atoms with E-state index in [9.17, 15) is 39.8 Å². The van der Waals surface area contributed by atoms with E-state index in [1.54, 1.807) is 0 Å². The molecule has 6 unspecified atom stereocenters. The van der Waals surface area contributed by atoms with Crippen LogP contribution in [0.25, 0.3) is 0 Å². The fraction of sp³-hybridized carbons (Fsp3) is 0.549. The van der Waals surface area contributed by atoms with E-state index >= 15 is 0 Å². The summed E-state index contributed by atoms with van der Waals surface area (Å²) in [7, 11) is -5.06. The molecule has 1 rings (SSSR count). The van der Waals surface area contributed by atoms with Gasteiger partial charge in [-0.3, -0.25) is 13.8 Å². The molecule has 1 aliphatic rings. The molecule has 360 valence electrons. The molecule has 0 heterocycles. The Morgan fingerprint density at radius 1 is 0.500 bits per heavy atom. The van der Waals surface area contributed by atoms with Crippen LogP contribution in [0.1, 0.15) is 117 Å². The minimum absolute atomic E-state index is 0.0818. The van der Waals surface area contributed by atoms with Gasteiger partial charge in [0.15, 0.2) is 0 Å². The molecule has 6 N–H and O–H groups in total. The quantitative estimate of drug-likeness (QED) is 0.0151. The molecular formula is C51H79O12P. The molecule has 0 amide bonds. The third kappa shape index (κ3) is 31.4. The van der Waals surface area contributed by atoms with Crippen LogP contribution in [-0.2, 0) is 27.9 Å². The van der Waals surface area contributed by atoms with Crippen LogP contribution in [0.3, 0.4) is 0 Å². The zero-order chi connectivity index (χ0) is 46.9. The Morgan fingerprint density at radius 3 is 1.23 bits per heavy atom. The van der Waals surface area contributed by atoms with Gasteiger partial charge in [0.1, 0.15) is 42.7 Å². The highest BCUT2D eigenvalue weighted by molar-refractivity contribution is 7.47. The first kappa shape index (κ1) is 58.5. The molecular weight excluding hydrogens is 836 g/mol. The van der Waals surface area contributed by atoms with Gasteiger partial charge in [0.25, 0.3) is 0 Å². The number of allylic oxidation sites excluding steroid dienone is 22. The summed E-state index contributed by atoms with van der Waals surface area (Å²) in [6, 6.07) is 0. The van der Waals surface area contributed by atoms with E-state index in [-0.39, 0.29) is 13.0 Å². The number of ether oxygens (including phenoxy) is 2. The van der Waals surface area contributed by atoms with Gasteiger partial charge in [0, 0.05) is 13.0 Å². The second-order valence-electron chi connectivity index (χ2n) is 15.1. The van der Waals surface area contributed by atoms with Crippen LogP contribution in [0.5, 0.6) is 0 Å². The van der Waals surface area contributed by atoms with Gasteiger partial charge in [-0.25, -0.2) is 4.57 Å². The van der Waals surface area contributed by atoms with Crippen LogP contribution < -0.4 is 0 Å². The maximum atomic E-state index is 12.8. The van der Waals surface area contributed by atoms with Gasteiger partial charge < -0.3 is 39.9 Å². The summed E-state index contributed by atoms with van der Waals surface area (Å²) in [5.74, 6) is -0.561. The van der Waals surface area contributed by atoms with Crippen LogP contribution in [0, 0.1) is 0 Å². The molecule has 0 aromatic rings. The topological polar surface area (TPSA) is 192 Å². The first-order valence-corrected chi connectivity index (χ1v) is 24.5. The van der Waals surface area contributed by atoms with Crippen molar-refractivity contribution in [3.63, 3.8) is 0 Å². The Balaban J connectivity index is 2.48. The summed E-state index contributed by atoms with van der Waals surface area (Å²) < 4.78 is 34.0. The maximum absolute atomic E-state index is 12.8. The van der Waals surface area contributed by atoms with Crippen LogP contribution in [-0.4, -0.2) is 98.9 Å². The number of phosphoric ester groups is 1. The van der Waals surface area contributed by atoms with Crippen molar-refractivity contribution in [1.29, 1.82) is 0 Å². The number of esters is 1. The number of rotatable bonds is 36. The van der Waals surface area contributed by atoms with E-state index in [4.69, 9.17) is 18.5 Å². The maximum Gasteiger partial charge on any atom is 0.472 e. The molecule has 0 saturated heterocycles. The third-order valence-electron chi connectivity index (χ3n) is 9.52. The van der Waals surface area contributed by atoms with Gasteiger partial charge >= 0.3 is 13.8 Å². The van der Waals surface area contributed by atoms with Gasteiger partial charge in [0.05, 0.1) is 13.2 Å². The number of aliphatic hydroxyl groups excluding tert-OH is 5. The molecule has 6 atom stereocenters. The molecule has 13 heteroatoms. The van der Waals surface area contributed by atoms with Gasteiger partial charge in [-0.1, -0.05) is 148 Å². The van der Waals surface area contributed by atoms with Crippen LogP contribution >= 0.6 is 7.82 Å². The van der Waals surface area contributed by atoms with Crippen molar-refractivity contribution in [3.05, 3.63) is 134 Å². The second-order valence-corrected chi connectivity index (χ2v) is 16.5. The van der Waals surface area contributed by atoms with Crippen molar-refractivity contribution in [1.82, 2.24) is 0 Å². The van der Waals surface area contributed by atoms with Crippen molar-refractivity contribution >= 4 is 13.8 Å². The van der Waals surface area contributed by atoms with Crippen molar-refractivity contribution in [2.45, 2.75) is 159 Å². The molecule has 12 nitrogen and oxygen atoms in total. The molecule has 0 bridgehead atoms. The predicted molar refractivity (Wildman–Crippen MR) is 257 cm³/mol. The number of aliphatic hydroxyl groups is 5. The van der Waals surface area contributed by atoms with Crippen LogP contribution in [0.15, 0.2) is 134 Å². The van der Waals surface area contributed by atoms with Gasteiger partial charge in [0.2, 0.25) is 0 Å². The van der Waals surface area contributed by atoms with Gasteiger partial charge in [-0.2, -0.15) is 0 Å². The smallest absolute Gasteiger partial charge is 0.457 e. The zero-order valence-corrected chi connectivity index (χ0v) is 39.2. The summed E-state index contributed by atoms with van der Waals surface area (Å²) in [6.07, 6.45) is 46.8. The number of carbonyl (C=O) groups is 1. The molecule has 0 spiro atoms. The van der Waals surface area contributed by atoms with Gasteiger partial charge in [-0.15, -0.1) is 0 Å². The highest BCUT2D eigenvalue weighted by Crippen LogP contribution is 2.47. The zero-order valence-electron chi connectivity index (χ0n) is 38.3. The molecule has 0 radical (unpaired) electrons. The van der Waals surface area contributed by atoms with E-state index in [1.807, 2.05) is 12.2 Å². The Labute approximate surface area is 383 Å². The van der Waals surface area contributed by atoms with Crippen molar-refractivity contribution in [3.8, 4) is 0 Å². The van der Waals surface area contributed by atoms with Crippen LogP contribution in [0.2, 0.25) is 0 Å². The fourth-order valence-corrected chi connectivity index (χ4v) is 6.91. The first-order valence-electron chi connectivity index (χ1n) is 23.0. The minimum Gasteiger partial charge on any atom is -0.457 e. The second kappa shape index (κ2) is 39.8. The summed E-state index contributed by atoms with van der Waals surface area (Å²) in [5, 5.41) is 50.2. The number of hydrogen-bond donors (Lipinski definition) is 6. The summed E-state index contributed by atoms with van der Waals surface area (Å²) in [5.41, 5.74) is 0. The molecule has 1 fully saturated rings. The first-order chi connectivity index (χ1) is 31.0. The molecule has 0 aromatic carbocycles. The average Bonchev–Trinajstić information content (AvgIpc) is 3.28. The number of unbranched alkanes of at least 4 members (excludes halogenated alkanes) is 2. The Bertz CT molecular complexity index is 1560. The Morgan fingerprint density at radius 2 is 0.844 bits per heavy atom. The predicted octanol–water partition coefficient (Wildman–Crippen LogP) is 9.63. The van der Waals surface area contributed by atoms with Crippen molar-refractivity contribution < 1.29 is 58.3 Å². The van der Waals surface area contributed by atoms with Gasteiger partial charge in [-0.05, 0) is 96.3 Å². The molecule has 0 aliphatic heterocycles. The third-order valence-corrected chi connectivity index (χ3v) is 10.5. The van der Waals surface area contributed by atoms with Crippen LogP contribution in [0.4, 0.5) is 0 Å². The standard InChI is InChI=1S/C51H79O12P/c1-3-5-7-9-11-13-15-17-19-20-21-22-23-24-25-26-27-28-30-32-34-36-38-40-45(52)62-44(42-60-41-39-37-35-33-31-29-18-16-14-12-10-8-6-4-2)43-61-64(58,59)63-51-49(56)47(54)46(53)48(55)50(51)57/h5-8,11-14,17-19,21-22,24-25,27-29,32-35,44,46-51,53-57H,3-4,9-10,15-16,20,23,26,30-31,36-43H2,1-2H3,(H,58,59)/b7-5-,8-6-,13-11-,14-12-,19-17-,22-21-,25-24-,28-27-,29-18-,34-32-,35-33-. The largest absolute Gasteiger partial charge is 0.472 e. The highest BCUT2D eigenvalue weighted by atomic mass is 31.2. The lowest BCUT2D eigenvalue weighted by Crippen LogP contribution is -2.64. The lowest BCUT2D eigenvalue weighted by molar-refractivity contribution is -0.220. The lowest BCUT2D eigenvalue weighted by atomic mass is 9.85. The number of hydrogen-bond acceptors (Lipinski definition) is 11. The average molecular weight is 915 g/mol. The lowest BCUT2D eigenvalue weighted by Gasteiger charge is -2.41. The Kier molecular flexibility index (Phi) is 36.4. The highest BCUT2D eigenvalue weighted by Gasteiger charge is 2.51. The number of carbonyl (C=O) groups excluding carboxylic acids is 1. The summed E-state index contributed by atoms with van der Waals surface area (Å²) in [4.78, 5) is 23.1. The monoisotopic (exact) mass is 915 g/mol. The van der Waals surface area contributed by atoms with Crippen molar-refractivity contribution in [2.75, 3.05) is 19.8 Å². The van der Waals surface area contributed by atoms with E-state index in [2.05, 4.69) is 135 Å². The Hall–Kier alpha value is -3.52. The van der Waals surface area contributed by atoms with Crippen molar-refractivity contribution in [2.24, 2.45) is 0 Å². The normalized spacial score (nSPS) is 22.9. The summed E-state index contributed by atoms with van der Waals surface area (Å²) in [6.45, 7) is 3.79. The van der Waals surface area contributed by atoms with E-state index in [0.29, 0.717) is 25.9 Å². The molecule has 1 saturated carbocycles. The van der Waals surface area contributed by atoms with E-state index in [0.717, 1.165) is 77.0 Å². The fourth-order valence-electron chi connectivity index (χ4n) is 5.93. The van der Waals surface area contributed by atoms with E-state index < -0.39 is 63.1 Å². The minimum atomic E-state index is -5.06. The SMILES string of the molecule is CC/C=C\C/C=C\C/C=C\C/C=C\C/C=C\C/C=C\C/C=C\CCCC(=O)OC(COCCC/C=C\C/C=C\C/C=C\C/C=C\CC)COP(=O)(O)OC1C(O)C(O)C(O)C(O)C1O.